The summed E-state index contributed by atoms with van der Waals surface area (Å²) in [6, 6.07) is 18.6. The minimum Gasteiger partial charge on any atom is -0.410 e. The van der Waals surface area contributed by atoms with Gasteiger partial charge in [-0.3, -0.25) is 4.79 Å². The highest BCUT2D eigenvalue weighted by atomic mass is 35.5. The fraction of sp³-hybridized carbons (Fsp3) is 0.367. The Bertz CT molecular complexity index is 1290. The highest BCUT2D eigenvalue weighted by molar-refractivity contribution is 6.30. The molecule has 2 atom stereocenters. The predicted octanol–water partition coefficient (Wildman–Crippen LogP) is 4.97. The number of carbonyl (C=O) groups excluding carboxylic acids is 2. The number of carbonyl (C=O) groups is 2. The molecule has 2 aliphatic rings. The van der Waals surface area contributed by atoms with E-state index in [0.717, 1.165) is 42.9 Å². The number of rotatable bonds is 5. The third-order valence-electron chi connectivity index (χ3n) is 7.85. The number of hydrogen-bond donors (Lipinski definition) is 1. The normalized spacial score (nSPS) is 19.7. The molecule has 0 bridgehead atoms. The van der Waals surface area contributed by atoms with Crippen molar-refractivity contribution in [2.45, 2.75) is 31.7 Å². The topological polar surface area (TPSA) is 92.0 Å². The van der Waals surface area contributed by atoms with Gasteiger partial charge in [-0.25, -0.2) is 9.78 Å². The van der Waals surface area contributed by atoms with Crippen molar-refractivity contribution in [3.63, 3.8) is 0 Å². The molecule has 0 radical (unpaired) electrons. The molecule has 3 heterocycles. The first-order valence-corrected chi connectivity index (χ1v) is 13.7. The van der Waals surface area contributed by atoms with Crippen LogP contribution in [0.5, 0.6) is 5.75 Å². The van der Waals surface area contributed by atoms with Gasteiger partial charge in [-0.2, -0.15) is 0 Å². The van der Waals surface area contributed by atoms with Crippen LogP contribution in [0, 0.1) is 12.8 Å². The van der Waals surface area contributed by atoms with Gasteiger partial charge in [-0.05, 0) is 61.7 Å². The third-order valence-corrected chi connectivity index (χ3v) is 8.10. The highest BCUT2D eigenvalue weighted by Crippen LogP contribution is 2.34. The summed E-state index contributed by atoms with van der Waals surface area (Å²) in [6.07, 6.45) is 2.72. The Kier molecular flexibility index (Phi) is 7.93. The molecule has 2 aromatic carbocycles. The minimum absolute atomic E-state index is 0.0548. The molecule has 0 aliphatic carbocycles. The summed E-state index contributed by atoms with van der Waals surface area (Å²) in [5, 5.41) is 0.649. The minimum atomic E-state index is -0.443. The molecule has 3 aromatic rings. The number of piperidine rings is 1. The number of aryl methyl sites for hydroxylation is 1. The van der Waals surface area contributed by atoms with Crippen LogP contribution in [0.4, 0.5) is 16.3 Å². The third kappa shape index (κ3) is 6.11. The van der Waals surface area contributed by atoms with Crippen molar-refractivity contribution in [1.82, 2.24) is 14.8 Å². The number of nitrogens with zero attached hydrogens (tertiary/aromatic N) is 4. The van der Waals surface area contributed by atoms with E-state index in [1.54, 1.807) is 30.3 Å². The summed E-state index contributed by atoms with van der Waals surface area (Å²) in [5.74, 6) is 1.40. The van der Waals surface area contributed by atoms with Gasteiger partial charge < -0.3 is 25.2 Å². The molecule has 2 saturated heterocycles. The molecule has 1 aromatic heterocycles. The highest BCUT2D eigenvalue weighted by Gasteiger charge is 2.42. The lowest BCUT2D eigenvalue weighted by Crippen LogP contribution is -2.45. The van der Waals surface area contributed by atoms with E-state index in [-0.39, 0.29) is 23.8 Å². The monoisotopic (exact) mass is 547 g/mol. The molecule has 0 saturated carbocycles. The van der Waals surface area contributed by atoms with Crippen molar-refractivity contribution < 1.29 is 14.3 Å². The van der Waals surface area contributed by atoms with Crippen LogP contribution in [0.1, 0.15) is 29.9 Å². The number of hydrogen-bond acceptors (Lipinski definition) is 6. The molecule has 2 amide bonds. The van der Waals surface area contributed by atoms with E-state index in [1.165, 1.54) is 0 Å². The maximum absolute atomic E-state index is 13.7. The van der Waals surface area contributed by atoms with Crippen molar-refractivity contribution in [2.24, 2.45) is 5.92 Å². The molecule has 8 nitrogen and oxygen atoms in total. The van der Waals surface area contributed by atoms with Crippen LogP contribution in [0.2, 0.25) is 5.02 Å². The summed E-state index contributed by atoms with van der Waals surface area (Å²) in [7, 11) is 1.75. The zero-order valence-electron chi connectivity index (χ0n) is 22.3. The van der Waals surface area contributed by atoms with Crippen LogP contribution < -0.4 is 15.4 Å². The van der Waals surface area contributed by atoms with Crippen molar-refractivity contribution in [3.8, 4) is 5.75 Å². The average Bonchev–Trinajstić information content (AvgIpc) is 3.40. The van der Waals surface area contributed by atoms with Crippen LogP contribution in [0.15, 0.2) is 66.9 Å². The number of nitrogens with two attached hydrogens (primary N) is 1. The molecule has 39 heavy (non-hydrogen) atoms. The smallest absolute Gasteiger partial charge is 0.410 e. The van der Waals surface area contributed by atoms with Crippen LogP contribution in [0.25, 0.3) is 0 Å². The molecular formula is C30H34ClN5O3. The van der Waals surface area contributed by atoms with E-state index >= 15 is 0 Å². The van der Waals surface area contributed by atoms with Gasteiger partial charge in [0, 0.05) is 50.1 Å². The van der Waals surface area contributed by atoms with Gasteiger partial charge in [0.25, 0.3) is 0 Å². The first-order valence-electron chi connectivity index (χ1n) is 13.3. The lowest BCUT2D eigenvalue weighted by atomic mass is 9.93. The first-order chi connectivity index (χ1) is 18.8. The second-order valence-electron chi connectivity index (χ2n) is 10.5. The molecular weight excluding hydrogens is 514 g/mol. The second-order valence-corrected chi connectivity index (χ2v) is 10.9. The molecule has 2 fully saturated rings. The standard InChI is InChI=1S/C30H34ClN5O3/c1-20-3-10-25(11-4-20)39-30(38)34(2)27-19-36(18-26(27)21-5-7-23(31)8-6-21)29(37)22-13-15-35(16-14-22)28-12-9-24(32)17-33-28/h3-12,17,22,26-27H,13-16,18-19,32H2,1-2H3/t26-,27+/m0/s1. The lowest BCUT2D eigenvalue weighted by molar-refractivity contribution is -0.135. The maximum Gasteiger partial charge on any atom is 0.415 e. The number of benzene rings is 2. The van der Waals surface area contributed by atoms with Gasteiger partial charge in [0.2, 0.25) is 5.91 Å². The predicted molar refractivity (Wildman–Crippen MR) is 153 cm³/mol. The summed E-state index contributed by atoms with van der Waals surface area (Å²) < 4.78 is 5.66. The van der Waals surface area contributed by atoms with Crippen molar-refractivity contribution in [2.75, 3.05) is 43.9 Å². The van der Waals surface area contributed by atoms with E-state index in [2.05, 4.69) is 9.88 Å². The number of nitrogen functional groups attached to an aromatic ring is 1. The van der Waals surface area contributed by atoms with Crippen LogP contribution >= 0.6 is 11.6 Å². The summed E-state index contributed by atoms with van der Waals surface area (Å²) in [6.45, 7) is 4.48. The molecule has 5 rings (SSSR count). The Morgan fingerprint density at radius 3 is 2.33 bits per heavy atom. The van der Waals surface area contributed by atoms with Gasteiger partial charge in [0.15, 0.2) is 0 Å². The van der Waals surface area contributed by atoms with Gasteiger partial charge in [0.1, 0.15) is 11.6 Å². The van der Waals surface area contributed by atoms with Crippen molar-refractivity contribution >= 4 is 35.1 Å². The van der Waals surface area contributed by atoms with E-state index < -0.39 is 6.09 Å². The second kappa shape index (κ2) is 11.5. The van der Waals surface area contributed by atoms with Gasteiger partial charge in [0.05, 0.1) is 17.9 Å². The maximum atomic E-state index is 13.7. The number of halogens is 1. The number of amides is 2. The number of ether oxygens (including phenoxy) is 1. The van der Waals surface area contributed by atoms with Crippen molar-refractivity contribution in [1.29, 1.82) is 0 Å². The fourth-order valence-corrected chi connectivity index (χ4v) is 5.64. The number of likely N-dealkylation sites (N-methyl/N-ethyl adjacent to an activating group) is 1. The number of likely N-dealkylation sites (tertiary alicyclic amines) is 1. The quantitative estimate of drug-likeness (QED) is 0.485. The number of aromatic nitrogens is 1. The summed E-state index contributed by atoms with van der Waals surface area (Å²) >= 11 is 6.15. The largest absolute Gasteiger partial charge is 0.415 e. The molecule has 2 aliphatic heterocycles. The fourth-order valence-electron chi connectivity index (χ4n) is 5.51. The lowest BCUT2D eigenvalue weighted by Gasteiger charge is -2.34. The zero-order chi connectivity index (χ0) is 27.5. The zero-order valence-corrected chi connectivity index (χ0v) is 23.1. The Hall–Kier alpha value is -3.78. The SMILES string of the molecule is Cc1ccc(OC(=O)N(C)[C@@H]2CN(C(=O)C3CCN(c4ccc(N)cn4)CC3)C[C@H]2c2ccc(Cl)cc2)cc1. The van der Waals surface area contributed by atoms with Gasteiger partial charge in [-0.15, -0.1) is 0 Å². The van der Waals surface area contributed by atoms with Crippen LogP contribution in [0.3, 0.4) is 0 Å². The van der Waals surface area contributed by atoms with Crippen LogP contribution in [-0.4, -0.2) is 66.1 Å². The Balaban J connectivity index is 1.28. The molecule has 0 spiro atoms. The number of pyridine rings is 1. The Labute approximate surface area is 234 Å². The van der Waals surface area contributed by atoms with E-state index in [1.807, 2.05) is 60.4 Å². The van der Waals surface area contributed by atoms with E-state index in [4.69, 9.17) is 22.1 Å². The summed E-state index contributed by atoms with van der Waals surface area (Å²) in [5.41, 5.74) is 8.54. The average molecular weight is 548 g/mol. The van der Waals surface area contributed by atoms with Crippen molar-refractivity contribution in [3.05, 3.63) is 83.0 Å². The molecule has 2 N–H and O–H groups in total. The Morgan fingerprint density at radius 1 is 1.00 bits per heavy atom. The number of anilines is 2. The Morgan fingerprint density at radius 2 is 1.69 bits per heavy atom. The molecule has 0 unspecified atom stereocenters. The molecule has 9 heteroatoms. The van der Waals surface area contributed by atoms with E-state index in [0.29, 0.717) is 29.5 Å². The van der Waals surface area contributed by atoms with Crippen LogP contribution in [-0.2, 0) is 4.79 Å². The first kappa shape index (κ1) is 26.8. The van der Waals surface area contributed by atoms with Gasteiger partial charge >= 0.3 is 6.09 Å². The summed E-state index contributed by atoms with van der Waals surface area (Å²) in [4.78, 5) is 37.0. The molecule has 204 valence electrons. The van der Waals surface area contributed by atoms with Gasteiger partial charge in [-0.1, -0.05) is 41.4 Å². The van der Waals surface area contributed by atoms with E-state index in [9.17, 15) is 9.59 Å².